The summed E-state index contributed by atoms with van der Waals surface area (Å²) in [4.78, 5) is 4.04. The van der Waals surface area contributed by atoms with E-state index in [1.54, 1.807) is 23.3 Å². The fraction of sp³-hybridized carbons (Fsp3) is 0.250. The van der Waals surface area contributed by atoms with Gasteiger partial charge in [0.25, 0.3) is 0 Å². The summed E-state index contributed by atoms with van der Waals surface area (Å²) in [5, 5.41) is 4.09. The van der Waals surface area contributed by atoms with Crippen LogP contribution in [0.3, 0.4) is 0 Å². The average molecular weight is 163 g/mol. The second-order valence-corrected chi connectivity index (χ2v) is 2.60. The van der Waals surface area contributed by atoms with Gasteiger partial charge >= 0.3 is 0 Å². The van der Waals surface area contributed by atoms with E-state index < -0.39 is 0 Å². The molecule has 4 nitrogen and oxygen atoms in total. The molecule has 2 heterocycles. The highest BCUT2D eigenvalue weighted by molar-refractivity contribution is 5.54. The van der Waals surface area contributed by atoms with Gasteiger partial charge in [-0.15, -0.1) is 0 Å². The second kappa shape index (κ2) is 2.48. The zero-order valence-corrected chi connectivity index (χ0v) is 6.98. The Bertz CT molecular complexity index is 375. The van der Waals surface area contributed by atoms with Crippen LogP contribution in [-0.2, 0) is 7.05 Å². The molecule has 0 radical (unpaired) electrons. The highest BCUT2D eigenvalue weighted by Crippen LogP contribution is 2.19. The number of aromatic nitrogens is 3. The third-order valence-electron chi connectivity index (χ3n) is 1.90. The first-order valence-corrected chi connectivity index (χ1v) is 3.67. The molecule has 12 heavy (non-hydrogen) atoms. The lowest BCUT2D eigenvalue weighted by molar-refractivity contribution is 0.574. The Morgan fingerprint density at radius 2 is 2.33 bits per heavy atom. The molecular weight excluding hydrogens is 154 g/mol. The molecule has 0 atom stereocenters. The van der Waals surface area contributed by atoms with Crippen LogP contribution in [0.15, 0.2) is 23.1 Å². The van der Waals surface area contributed by atoms with Crippen molar-refractivity contribution >= 4 is 0 Å². The third-order valence-corrected chi connectivity index (χ3v) is 1.90. The molecule has 0 unspecified atom stereocenters. The standard InChI is InChI=1S/C8H9N3O/c1-6-7(5-10-11(6)2)8-9-3-4-12-8/h3-5H,1-2H3. The van der Waals surface area contributed by atoms with Gasteiger partial charge < -0.3 is 4.42 Å². The van der Waals surface area contributed by atoms with Gasteiger partial charge in [-0.2, -0.15) is 5.10 Å². The molecule has 2 rings (SSSR count). The van der Waals surface area contributed by atoms with Gasteiger partial charge in [0.15, 0.2) is 0 Å². The number of aryl methyl sites for hydroxylation is 1. The van der Waals surface area contributed by atoms with Crippen LogP contribution >= 0.6 is 0 Å². The van der Waals surface area contributed by atoms with E-state index in [1.165, 1.54) is 0 Å². The van der Waals surface area contributed by atoms with Crippen molar-refractivity contribution in [3.05, 3.63) is 24.4 Å². The number of oxazole rings is 1. The molecule has 2 aromatic heterocycles. The van der Waals surface area contributed by atoms with Crippen molar-refractivity contribution in [2.45, 2.75) is 6.92 Å². The fourth-order valence-electron chi connectivity index (χ4n) is 1.07. The van der Waals surface area contributed by atoms with Crippen molar-refractivity contribution in [1.82, 2.24) is 14.8 Å². The van der Waals surface area contributed by atoms with Crippen LogP contribution < -0.4 is 0 Å². The molecule has 0 saturated carbocycles. The lowest BCUT2D eigenvalue weighted by atomic mass is 10.3. The van der Waals surface area contributed by atoms with Crippen molar-refractivity contribution < 1.29 is 4.42 Å². The Morgan fingerprint density at radius 3 is 2.83 bits per heavy atom. The second-order valence-electron chi connectivity index (χ2n) is 2.60. The van der Waals surface area contributed by atoms with Crippen LogP contribution in [-0.4, -0.2) is 14.8 Å². The van der Waals surface area contributed by atoms with Crippen LogP contribution in [0.4, 0.5) is 0 Å². The zero-order valence-electron chi connectivity index (χ0n) is 6.98. The summed E-state index contributed by atoms with van der Waals surface area (Å²) in [6.07, 6.45) is 4.94. The van der Waals surface area contributed by atoms with Crippen LogP contribution in [0.1, 0.15) is 5.69 Å². The van der Waals surface area contributed by atoms with E-state index in [4.69, 9.17) is 4.42 Å². The Kier molecular flexibility index (Phi) is 1.46. The van der Waals surface area contributed by atoms with Gasteiger partial charge in [-0.3, -0.25) is 4.68 Å². The molecule has 0 bridgehead atoms. The molecule has 62 valence electrons. The lowest BCUT2D eigenvalue weighted by Gasteiger charge is -1.94. The monoisotopic (exact) mass is 163 g/mol. The molecule has 2 aromatic rings. The molecule has 0 fully saturated rings. The minimum Gasteiger partial charge on any atom is -0.444 e. The number of rotatable bonds is 1. The molecule has 0 aliphatic carbocycles. The van der Waals surface area contributed by atoms with Gasteiger partial charge in [-0.05, 0) is 6.92 Å². The van der Waals surface area contributed by atoms with Crippen molar-refractivity contribution in [2.24, 2.45) is 7.05 Å². The smallest absolute Gasteiger partial charge is 0.229 e. The number of hydrogen-bond acceptors (Lipinski definition) is 3. The first-order chi connectivity index (χ1) is 5.79. The summed E-state index contributed by atoms with van der Waals surface area (Å²) in [7, 11) is 1.89. The summed E-state index contributed by atoms with van der Waals surface area (Å²) < 4.78 is 6.94. The van der Waals surface area contributed by atoms with Crippen molar-refractivity contribution in [2.75, 3.05) is 0 Å². The topological polar surface area (TPSA) is 43.9 Å². The summed E-state index contributed by atoms with van der Waals surface area (Å²) in [6, 6.07) is 0. The minimum absolute atomic E-state index is 0.626. The highest BCUT2D eigenvalue weighted by atomic mass is 16.3. The van der Waals surface area contributed by atoms with Gasteiger partial charge in [0.05, 0.1) is 18.0 Å². The van der Waals surface area contributed by atoms with Crippen molar-refractivity contribution in [1.29, 1.82) is 0 Å². The predicted molar refractivity (Wildman–Crippen MR) is 43.4 cm³/mol. The van der Waals surface area contributed by atoms with Gasteiger partial charge in [0.2, 0.25) is 5.89 Å². The lowest BCUT2D eigenvalue weighted by Crippen LogP contribution is -1.92. The Balaban J connectivity index is 2.55. The molecule has 0 aliphatic rings. The molecule has 0 aliphatic heterocycles. The zero-order chi connectivity index (χ0) is 8.55. The molecule has 0 saturated heterocycles. The Morgan fingerprint density at radius 1 is 1.50 bits per heavy atom. The first-order valence-electron chi connectivity index (χ1n) is 3.67. The summed E-state index contributed by atoms with van der Waals surface area (Å²) >= 11 is 0. The molecule has 0 N–H and O–H groups in total. The predicted octanol–water partition coefficient (Wildman–Crippen LogP) is 1.38. The summed E-state index contributed by atoms with van der Waals surface area (Å²) in [6.45, 7) is 1.98. The largest absolute Gasteiger partial charge is 0.444 e. The Labute approximate surface area is 69.8 Å². The third kappa shape index (κ3) is 0.922. The van der Waals surface area contributed by atoms with Gasteiger partial charge in [0.1, 0.15) is 6.26 Å². The van der Waals surface area contributed by atoms with E-state index in [0.29, 0.717) is 5.89 Å². The van der Waals surface area contributed by atoms with Gasteiger partial charge in [-0.25, -0.2) is 4.98 Å². The fourth-order valence-corrected chi connectivity index (χ4v) is 1.07. The van der Waals surface area contributed by atoms with E-state index in [-0.39, 0.29) is 0 Å². The number of hydrogen-bond donors (Lipinski definition) is 0. The summed E-state index contributed by atoms with van der Waals surface area (Å²) in [5.74, 6) is 0.626. The minimum atomic E-state index is 0.626. The van der Waals surface area contributed by atoms with Crippen LogP contribution in [0, 0.1) is 6.92 Å². The van der Waals surface area contributed by atoms with Crippen molar-refractivity contribution in [3.8, 4) is 11.5 Å². The van der Waals surface area contributed by atoms with Crippen LogP contribution in [0.2, 0.25) is 0 Å². The summed E-state index contributed by atoms with van der Waals surface area (Å²) in [5.41, 5.74) is 2.00. The number of nitrogens with zero attached hydrogens (tertiary/aromatic N) is 3. The molecule has 0 amide bonds. The normalized spacial score (nSPS) is 10.5. The Hall–Kier alpha value is -1.58. The van der Waals surface area contributed by atoms with Crippen molar-refractivity contribution in [3.63, 3.8) is 0 Å². The highest BCUT2D eigenvalue weighted by Gasteiger charge is 2.09. The quantitative estimate of drug-likeness (QED) is 0.638. The van der Waals surface area contributed by atoms with E-state index in [1.807, 2.05) is 14.0 Å². The molecule has 0 aromatic carbocycles. The first kappa shape index (κ1) is 7.09. The average Bonchev–Trinajstić information content (AvgIpc) is 2.64. The van der Waals surface area contributed by atoms with Crippen LogP contribution in [0.25, 0.3) is 11.5 Å². The van der Waals surface area contributed by atoms with Crippen LogP contribution in [0.5, 0.6) is 0 Å². The molecular formula is C8H9N3O. The van der Waals surface area contributed by atoms with E-state index in [9.17, 15) is 0 Å². The molecule has 4 heteroatoms. The van der Waals surface area contributed by atoms with Gasteiger partial charge in [-0.1, -0.05) is 0 Å². The van der Waals surface area contributed by atoms with E-state index in [2.05, 4.69) is 10.1 Å². The van der Waals surface area contributed by atoms with Gasteiger partial charge in [0, 0.05) is 12.7 Å². The maximum absolute atomic E-state index is 5.15. The molecule has 0 spiro atoms. The van der Waals surface area contributed by atoms with E-state index in [0.717, 1.165) is 11.3 Å². The maximum atomic E-state index is 5.15. The SMILES string of the molecule is Cc1c(-c2ncco2)cnn1C. The van der Waals surface area contributed by atoms with E-state index >= 15 is 0 Å². The maximum Gasteiger partial charge on any atom is 0.229 e.